The molecule has 114 valence electrons. The normalized spacial score (nSPS) is 18.2. The molecule has 1 heterocycles. The number of hydrogen-bond acceptors (Lipinski definition) is 3. The topological polar surface area (TPSA) is 45.4 Å². The van der Waals surface area contributed by atoms with Crippen molar-refractivity contribution in [2.24, 2.45) is 0 Å². The molecule has 0 unspecified atom stereocenters. The van der Waals surface area contributed by atoms with Crippen molar-refractivity contribution in [2.45, 2.75) is 57.6 Å². The van der Waals surface area contributed by atoms with Crippen LogP contribution in [0.15, 0.2) is 28.7 Å². The maximum Gasteiger partial charge on any atom is 0.134 e. The van der Waals surface area contributed by atoms with Crippen LogP contribution in [0.25, 0.3) is 11.0 Å². The monoisotopic (exact) mass is 287 g/mol. The first-order valence-electron chi connectivity index (χ1n) is 8.14. The van der Waals surface area contributed by atoms with Gasteiger partial charge in [0.05, 0.1) is 5.60 Å². The molecule has 3 heteroatoms. The number of rotatable bonds is 5. The first-order chi connectivity index (χ1) is 10.2. The maximum absolute atomic E-state index is 10.6. The largest absolute Gasteiger partial charge is 0.461 e. The molecule has 0 amide bonds. The van der Waals surface area contributed by atoms with E-state index in [2.05, 4.69) is 24.4 Å². The highest BCUT2D eigenvalue weighted by atomic mass is 16.3. The molecule has 0 radical (unpaired) electrons. The molecule has 2 aromatic rings. The Labute approximate surface area is 126 Å². The van der Waals surface area contributed by atoms with Crippen LogP contribution in [0.2, 0.25) is 0 Å². The SMILES string of the molecule is CCc1oc2ccccc2c1CNCC1(O)CCCCC1. The minimum Gasteiger partial charge on any atom is -0.461 e. The number of benzene rings is 1. The van der Waals surface area contributed by atoms with Crippen LogP contribution in [0.1, 0.15) is 50.4 Å². The van der Waals surface area contributed by atoms with Crippen LogP contribution < -0.4 is 5.32 Å². The van der Waals surface area contributed by atoms with Crippen molar-refractivity contribution in [3.63, 3.8) is 0 Å². The van der Waals surface area contributed by atoms with E-state index in [1.54, 1.807) is 0 Å². The summed E-state index contributed by atoms with van der Waals surface area (Å²) < 4.78 is 5.91. The van der Waals surface area contributed by atoms with Crippen molar-refractivity contribution in [1.82, 2.24) is 5.32 Å². The highest BCUT2D eigenvalue weighted by Crippen LogP contribution is 2.29. The number of para-hydroxylation sites is 1. The van der Waals surface area contributed by atoms with Gasteiger partial charge in [-0.2, -0.15) is 0 Å². The van der Waals surface area contributed by atoms with Gasteiger partial charge in [-0.15, -0.1) is 0 Å². The minimum absolute atomic E-state index is 0.510. The zero-order chi connectivity index (χ0) is 14.7. The van der Waals surface area contributed by atoms with Crippen LogP contribution in [0.3, 0.4) is 0 Å². The molecule has 1 aliphatic carbocycles. The van der Waals surface area contributed by atoms with E-state index in [0.717, 1.165) is 50.0 Å². The second-order valence-corrected chi connectivity index (χ2v) is 6.24. The number of furan rings is 1. The standard InChI is InChI=1S/C18H25NO2/c1-2-16-15(14-8-4-5-9-17(14)21-16)12-19-13-18(20)10-6-3-7-11-18/h4-5,8-9,19-20H,2-3,6-7,10-13H2,1H3. The number of nitrogens with one attached hydrogen (secondary N) is 1. The third-order valence-corrected chi connectivity index (χ3v) is 4.64. The number of aryl methyl sites for hydroxylation is 1. The Kier molecular flexibility index (Phi) is 4.32. The van der Waals surface area contributed by atoms with E-state index < -0.39 is 5.60 Å². The zero-order valence-electron chi connectivity index (χ0n) is 12.8. The lowest BCUT2D eigenvalue weighted by Crippen LogP contribution is -2.41. The van der Waals surface area contributed by atoms with Crippen LogP contribution >= 0.6 is 0 Å². The first kappa shape index (κ1) is 14.6. The lowest BCUT2D eigenvalue weighted by atomic mass is 9.85. The van der Waals surface area contributed by atoms with E-state index in [0.29, 0.717) is 6.54 Å². The third-order valence-electron chi connectivity index (χ3n) is 4.64. The molecule has 1 aromatic heterocycles. The highest BCUT2D eigenvalue weighted by Gasteiger charge is 2.28. The third kappa shape index (κ3) is 3.14. The Balaban J connectivity index is 1.70. The van der Waals surface area contributed by atoms with Crippen molar-refractivity contribution in [1.29, 1.82) is 0 Å². The smallest absolute Gasteiger partial charge is 0.134 e. The van der Waals surface area contributed by atoms with Gasteiger partial charge >= 0.3 is 0 Å². The van der Waals surface area contributed by atoms with Gasteiger partial charge in [0.2, 0.25) is 0 Å². The van der Waals surface area contributed by atoms with Crippen LogP contribution in [-0.4, -0.2) is 17.3 Å². The van der Waals surface area contributed by atoms with Crippen molar-refractivity contribution < 1.29 is 9.52 Å². The molecule has 1 aromatic carbocycles. The number of fused-ring (bicyclic) bond motifs is 1. The lowest BCUT2D eigenvalue weighted by molar-refractivity contribution is 0.00466. The summed E-state index contributed by atoms with van der Waals surface area (Å²) in [5.41, 5.74) is 1.69. The van der Waals surface area contributed by atoms with E-state index in [1.165, 1.54) is 17.4 Å². The Morgan fingerprint density at radius 3 is 2.71 bits per heavy atom. The molecule has 1 saturated carbocycles. The van der Waals surface area contributed by atoms with E-state index in [9.17, 15) is 5.11 Å². The summed E-state index contributed by atoms with van der Waals surface area (Å²) in [5.74, 6) is 1.05. The van der Waals surface area contributed by atoms with Crippen LogP contribution in [0.5, 0.6) is 0 Å². The van der Waals surface area contributed by atoms with Gasteiger partial charge in [-0.1, -0.05) is 44.4 Å². The predicted molar refractivity (Wildman–Crippen MR) is 85.3 cm³/mol. The molecule has 0 atom stereocenters. The van der Waals surface area contributed by atoms with Crippen molar-refractivity contribution in [3.05, 3.63) is 35.6 Å². The zero-order valence-corrected chi connectivity index (χ0v) is 12.8. The second kappa shape index (κ2) is 6.20. The van der Waals surface area contributed by atoms with Gasteiger partial charge in [0.1, 0.15) is 11.3 Å². The summed E-state index contributed by atoms with van der Waals surface area (Å²) in [7, 11) is 0. The summed E-state index contributed by atoms with van der Waals surface area (Å²) in [5, 5.41) is 15.2. The van der Waals surface area contributed by atoms with E-state index in [4.69, 9.17) is 4.42 Å². The molecule has 1 aliphatic rings. The van der Waals surface area contributed by atoms with Crippen LogP contribution in [0, 0.1) is 0 Å². The Bertz CT molecular complexity index is 596. The van der Waals surface area contributed by atoms with Gasteiger partial charge in [0.15, 0.2) is 0 Å². The van der Waals surface area contributed by atoms with Gasteiger partial charge in [-0.25, -0.2) is 0 Å². The minimum atomic E-state index is -0.510. The fourth-order valence-corrected chi connectivity index (χ4v) is 3.44. The van der Waals surface area contributed by atoms with Crippen molar-refractivity contribution in [3.8, 4) is 0 Å². The van der Waals surface area contributed by atoms with Gasteiger partial charge < -0.3 is 14.8 Å². The summed E-state index contributed by atoms with van der Waals surface area (Å²) in [6, 6.07) is 8.19. The lowest BCUT2D eigenvalue weighted by Gasteiger charge is -2.32. The molecule has 3 nitrogen and oxygen atoms in total. The number of hydrogen-bond donors (Lipinski definition) is 2. The summed E-state index contributed by atoms with van der Waals surface area (Å²) in [6.45, 7) is 3.56. The maximum atomic E-state index is 10.6. The second-order valence-electron chi connectivity index (χ2n) is 6.24. The number of aliphatic hydroxyl groups is 1. The van der Waals surface area contributed by atoms with E-state index in [1.807, 2.05) is 12.1 Å². The Morgan fingerprint density at radius 2 is 1.95 bits per heavy atom. The predicted octanol–water partition coefficient (Wildman–Crippen LogP) is 3.78. The molecule has 21 heavy (non-hydrogen) atoms. The molecule has 0 bridgehead atoms. The van der Waals surface area contributed by atoms with Gasteiger partial charge in [0.25, 0.3) is 0 Å². The van der Waals surface area contributed by atoms with Crippen LogP contribution in [-0.2, 0) is 13.0 Å². The molecule has 0 saturated heterocycles. The molecule has 2 N–H and O–H groups in total. The van der Waals surface area contributed by atoms with Crippen molar-refractivity contribution >= 4 is 11.0 Å². The quantitative estimate of drug-likeness (QED) is 0.879. The Hall–Kier alpha value is -1.32. The van der Waals surface area contributed by atoms with Gasteiger partial charge in [0, 0.05) is 30.5 Å². The molecule has 0 spiro atoms. The van der Waals surface area contributed by atoms with Crippen molar-refractivity contribution in [2.75, 3.05) is 6.54 Å². The summed E-state index contributed by atoms with van der Waals surface area (Å²) in [6.07, 6.45) is 6.30. The van der Waals surface area contributed by atoms with E-state index in [-0.39, 0.29) is 0 Å². The Morgan fingerprint density at radius 1 is 1.19 bits per heavy atom. The van der Waals surface area contributed by atoms with Gasteiger partial charge in [-0.05, 0) is 18.9 Å². The summed E-state index contributed by atoms with van der Waals surface area (Å²) >= 11 is 0. The van der Waals surface area contributed by atoms with Crippen LogP contribution in [0.4, 0.5) is 0 Å². The van der Waals surface area contributed by atoms with Gasteiger partial charge in [-0.3, -0.25) is 0 Å². The van der Waals surface area contributed by atoms with E-state index >= 15 is 0 Å². The fourth-order valence-electron chi connectivity index (χ4n) is 3.44. The molecule has 1 fully saturated rings. The molecular formula is C18H25NO2. The fraction of sp³-hybridized carbons (Fsp3) is 0.556. The molecule has 0 aliphatic heterocycles. The first-order valence-corrected chi connectivity index (χ1v) is 8.14. The average molecular weight is 287 g/mol. The average Bonchev–Trinajstić information content (AvgIpc) is 2.86. The molecular weight excluding hydrogens is 262 g/mol. The molecule has 3 rings (SSSR count). The summed E-state index contributed by atoms with van der Waals surface area (Å²) in [4.78, 5) is 0. The highest BCUT2D eigenvalue weighted by molar-refractivity contribution is 5.82.